The number of thioether (sulfide) groups is 1. The lowest BCUT2D eigenvalue weighted by molar-refractivity contribution is -0.140. The lowest BCUT2D eigenvalue weighted by atomic mass is 10.1. The first kappa shape index (κ1) is 24.0. The first-order valence-corrected chi connectivity index (χ1v) is 12.4. The number of allylic oxidation sites excluding steroid dienone is 1. The largest absolute Gasteiger partial charge is 0.485 e. The fourth-order valence-electron chi connectivity index (χ4n) is 4.04. The fraction of sp³-hybridized carbons (Fsp3) is 0.346. The molecule has 1 amide bonds. The molecule has 1 aromatic heterocycles. The van der Waals surface area contributed by atoms with Gasteiger partial charge in [0.25, 0.3) is 0 Å². The number of carbonyl (C=O) groups excluding carboxylic acids is 1. The number of carbonyl (C=O) groups is 1. The van der Waals surface area contributed by atoms with Crippen LogP contribution in [0, 0.1) is 0 Å². The lowest BCUT2D eigenvalue weighted by Gasteiger charge is -2.35. The highest BCUT2D eigenvalue weighted by molar-refractivity contribution is 7.99. The van der Waals surface area contributed by atoms with Gasteiger partial charge in [-0.15, -0.1) is 16.8 Å². The number of hydrogen-bond acceptors (Lipinski definition) is 6. The van der Waals surface area contributed by atoms with Crippen LogP contribution in [0.5, 0.6) is 5.75 Å². The van der Waals surface area contributed by atoms with Gasteiger partial charge in [-0.3, -0.25) is 9.36 Å². The van der Waals surface area contributed by atoms with Crippen molar-refractivity contribution < 1.29 is 14.3 Å². The van der Waals surface area contributed by atoms with E-state index in [1.165, 1.54) is 11.8 Å². The number of ether oxygens (including phenoxy) is 2. The molecular formula is C26H30N4O3S. The molecular weight excluding hydrogens is 448 g/mol. The van der Waals surface area contributed by atoms with Gasteiger partial charge >= 0.3 is 0 Å². The molecule has 0 saturated carbocycles. The van der Waals surface area contributed by atoms with E-state index in [2.05, 4.69) is 28.9 Å². The van der Waals surface area contributed by atoms with Crippen LogP contribution in [0.4, 0.5) is 0 Å². The maximum Gasteiger partial charge on any atom is 0.233 e. The number of hydrogen-bond donors (Lipinski definition) is 0. The summed E-state index contributed by atoms with van der Waals surface area (Å²) in [7, 11) is 0. The van der Waals surface area contributed by atoms with E-state index in [0.717, 1.165) is 16.9 Å². The first-order valence-electron chi connectivity index (χ1n) is 11.4. The summed E-state index contributed by atoms with van der Waals surface area (Å²) in [5.41, 5.74) is 2.11. The van der Waals surface area contributed by atoms with Crippen LogP contribution >= 0.6 is 11.8 Å². The predicted molar refractivity (Wildman–Crippen MR) is 134 cm³/mol. The van der Waals surface area contributed by atoms with E-state index in [9.17, 15) is 4.79 Å². The zero-order chi connectivity index (χ0) is 23.9. The second-order valence-electron chi connectivity index (χ2n) is 8.29. The molecule has 7 nitrogen and oxygen atoms in total. The van der Waals surface area contributed by atoms with Crippen LogP contribution in [-0.4, -0.2) is 56.6 Å². The lowest BCUT2D eigenvalue weighted by Crippen LogP contribution is -2.48. The molecule has 4 rings (SSSR count). The molecule has 1 saturated heterocycles. The summed E-state index contributed by atoms with van der Waals surface area (Å²) < 4.78 is 13.8. The van der Waals surface area contributed by atoms with Crippen LogP contribution in [-0.2, 0) is 22.7 Å². The zero-order valence-corrected chi connectivity index (χ0v) is 20.4. The van der Waals surface area contributed by atoms with Crippen molar-refractivity contribution in [2.75, 3.05) is 18.8 Å². The third kappa shape index (κ3) is 5.87. The molecule has 0 bridgehead atoms. The van der Waals surface area contributed by atoms with Gasteiger partial charge in [-0.1, -0.05) is 66.4 Å². The monoisotopic (exact) mass is 478 g/mol. The normalized spacial score (nSPS) is 18.0. The summed E-state index contributed by atoms with van der Waals surface area (Å²) in [5.74, 6) is 1.84. The average molecular weight is 479 g/mol. The summed E-state index contributed by atoms with van der Waals surface area (Å²) in [6.07, 6.45) is 1.89. The molecule has 2 aromatic carbocycles. The summed E-state index contributed by atoms with van der Waals surface area (Å²) >= 11 is 1.39. The van der Waals surface area contributed by atoms with Crippen LogP contribution in [0.3, 0.4) is 0 Å². The minimum absolute atomic E-state index is 0.0460. The Hall–Kier alpha value is -3.10. The van der Waals surface area contributed by atoms with E-state index < -0.39 is 0 Å². The molecule has 0 aliphatic carbocycles. The van der Waals surface area contributed by atoms with Crippen molar-refractivity contribution in [2.45, 2.75) is 44.4 Å². The second-order valence-corrected chi connectivity index (χ2v) is 9.24. The Morgan fingerprint density at radius 2 is 1.82 bits per heavy atom. The van der Waals surface area contributed by atoms with E-state index in [4.69, 9.17) is 9.47 Å². The maximum absolute atomic E-state index is 12.8. The third-order valence-corrected chi connectivity index (χ3v) is 6.48. The van der Waals surface area contributed by atoms with E-state index >= 15 is 0 Å². The summed E-state index contributed by atoms with van der Waals surface area (Å²) in [6, 6.07) is 18.1. The van der Waals surface area contributed by atoms with Crippen molar-refractivity contribution >= 4 is 17.7 Å². The van der Waals surface area contributed by atoms with Crippen molar-refractivity contribution in [1.82, 2.24) is 19.7 Å². The molecule has 0 N–H and O–H groups in total. The van der Waals surface area contributed by atoms with E-state index in [-0.39, 0.29) is 24.7 Å². The minimum atomic E-state index is 0.0460. The smallest absolute Gasteiger partial charge is 0.233 e. The Labute approximate surface area is 204 Å². The first-order chi connectivity index (χ1) is 16.5. The Balaban J connectivity index is 1.43. The molecule has 0 unspecified atom stereocenters. The van der Waals surface area contributed by atoms with E-state index in [1.54, 1.807) is 6.08 Å². The van der Waals surface area contributed by atoms with Crippen molar-refractivity contribution in [3.8, 4) is 16.9 Å². The molecule has 178 valence electrons. The van der Waals surface area contributed by atoms with Gasteiger partial charge in [0.15, 0.2) is 11.0 Å². The van der Waals surface area contributed by atoms with Gasteiger partial charge in [-0.05, 0) is 25.5 Å². The van der Waals surface area contributed by atoms with Gasteiger partial charge in [0.05, 0.1) is 18.0 Å². The van der Waals surface area contributed by atoms with Gasteiger partial charge in [0, 0.05) is 25.2 Å². The molecule has 0 radical (unpaired) electrons. The van der Waals surface area contributed by atoms with Crippen molar-refractivity contribution in [3.63, 3.8) is 0 Å². The van der Waals surface area contributed by atoms with Crippen molar-refractivity contribution in [3.05, 3.63) is 73.1 Å². The predicted octanol–water partition coefficient (Wildman–Crippen LogP) is 4.44. The van der Waals surface area contributed by atoms with Crippen molar-refractivity contribution in [1.29, 1.82) is 0 Å². The minimum Gasteiger partial charge on any atom is -0.485 e. The Bertz CT molecular complexity index is 1110. The van der Waals surface area contributed by atoms with Crippen molar-refractivity contribution in [2.24, 2.45) is 0 Å². The van der Waals surface area contributed by atoms with Crippen LogP contribution in [0.2, 0.25) is 0 Å². The van der Waals surface area contributed by atoms with Crippen LogP contribution in [0.25, 0.3) is 11.1 Å². The van der Waals surface area contributed by atoms with Gasteiger partial charge in [0.2, 0.25) is 5.91 Å². The summed E-state index contributed by atoms with van der Waals surface area (Å²) in [6.45, 7) is 9.87. The van der Waals surface area contributed by atoms with Crippen LogP contribution in [0.1, 0.15) is 19.7 Å². The highest BCUT2D eigenvalue weighted by atomic mass is 32.2. The average Bonchev–Trinajstić information content (AvgIpc) is 3.23. The summed E-state index contributed by atoms with van der Waals surface area (Å²) in [4.78, 5) is 14.6. The Morgan fingerprint density at radius 1 is 1.12 bits per heavy atom. The van der Waals surface area contributed by atoms with E-state index in [0.29, 0.717) is 36.4 Å². The zero-order valence-electron chi connectivity index (χ0n) is 19.6. The third-order valence-electron chi connectivity index (χ3n) is 5.53. The number of rotatable bonds is 9. The Kier molecular flexibility index (Phi) is 8.03. The quantitative estimate of drug-likeness (QED) is 0.335. The molecule has 2 heterocycles. The Morgan fingerprint density at radius 3 is 2.56 bits per heavy atom. The molecule has 34 heavy (non-hydrogen) atoms. The van der Waals surface area contributed by atoms with Crippen LogP contribution in [0.15, 0.2) is 72.4 Å². The number of nitrogens with zero attached hydrogens (tertiary/aromatic N) is 4. The maximum atomic E-state index is 12.8. The summed E-state index contributed by atoms with van der Waals surface area (Å²) in [5, 5.41) is 9.35. The highest BCUT2D eigenvalue weighted by Gasteiger charge is 2.26. The number of para-hydroxylation sites is 1. The number of aromatic nitrogens is 3. The van der Waals surface area contributed by atoms with E-state index in [1.807, 2.05) is 65.8 Å². The standard InChI is InChI=1S/C26H30N4O3S/c1-4-14-30-24(17-32-23-13-9-8-12-22(23)21-10-6-5-7-11-21)27-28-26(30)34-18-25(31)29-15-19(2)33-20(3)16-29/h4-13,19-20H,1,14-18H2,2-3H3/t19-,20-/m1/s1. The number of amides is 1. The van der Waals surface area contributed by atoms with Gasteiger partial charge in [0.1, 0.15) is 12.4 Å². The highest BCUT2D eigenvalue weighted by Crippen LogP contribution is 2.30. The fourth-order valence-corrected chi connectivity index (χ4v) is 4.90. The molecule has 2 atom stereocenters. The second kappa shape index (κ2) is 11.4. The molecule has 3 aromatic rings. The SMILES string of the molecule is C=CCn1c(COc2ccccc2-c2ccccc2)nnc1SCC(=O)N1C[C@@H](C)O[C@H](C)C1. The number of morpholine rings is 1. The molecule has 8 heteroatoms. The molecule has 0 spiro atoms. The van der Waals surface area contributed by atoms with Gasteiger partial charge < -0.3 is 14.4 Å². The topological polar surface area (TPSA) is 69.5 Å². The number of benzene rings is 2. The van der Waals surface area contributed by atoms with Crippen LogP contribution < -0.4 is 4.74 Å². The van der Waals surface area contributed by atoms with Gasteiger partial charge in [-0.2, -0.15) is 0 Å². The molecule has 1 aliphatic rings. The molecule has 1 fully saturated rings. The molecule has 1 aliphatic heterocycles. The van der Waals surface area contributed by atoms with Gasteiger partial charge in [-0.25, -0.2) is 0 Å².